The molecule has 1 aliphatic carbocycles. The summed E-state index contributed by atoms with van der Waals surface area (Å²) in [7, 11) is 0. The van der Waals surface area contributed by atoms with Gasteiger partial charge in [-0.3, -0.25) is 10.1 Å². The first-order chi connectivity index (χ1) is 8.16. The van der Waals surface area contributed by atoms with Gasteiger partial charge in [0.05, 0.1) is 4.92 Å². The van der Waals surface area contributed by atoms with E-state index in [0.717, 1.165) is 18.7 Å². The molecule has 0 unspecified atom stereocenters. The van der Waals surface area contributed by atoms with Gasteiger partial charge in [-0.2, -0.15) is 0 Å². The minimum absolute atomic E-state index is 0.0826. The van der Waals surface area contributed by atoms with Gasteiger partial charge < -0.3 is 5.32 Å². The fourth-order valence-corrected chi connectivity index (χ4v) is 2.28. The molecule has 92 valence electrons. The zero-order chi connectivity index (χ0) is 12.3. The van der Waals surface area contributed by atoms with Crippen LogP contribution in [0.5, 0.6) is 0 Å². The summed E-state index contributed by atoms with van der Waals surface area (Å²) in [6.07, 6.45) is 6.15. The molecule has 0 aliphatic heterocycles. The van der Waals surface area contributed by atoms with Gasteiger partial charge in [-0.05, 0) is 25.8 Å². The van der Waals surface area contributed by atoms with Crippen LogP contribution in [0, 0.1) is 17.0 Å². The van der Waals surface area contributed by atoms with Crippen LogP contribution in [0.25, 0.3) is 0 Å². The second-order valence-electron chi connectivity index (χ2n) is 4.54. The van der Waals surface area contributed by atoms with Gasteiger partial charge in [0.2, 0.25) is 0 Å². The van der Waals surface area contributed by atoms with Crippen LogP contribution in [-0.2, 0) is 0 Å². The Morgan fingerprint density at radius 1 is 1.35 bits per heavy atom. The summed E-state index contributed by atoms with van der Waals surface area (Å²) in [6, 6.07) is 3.69. The Bertz CT molecular complexity index is 414. The molecular formula is C12H17N3O2. The Kier molecular flexibility index (Phi) is 3.56. The van der Waals surface area contributed by atoms with Crippen molar-refractivity contribution in [1.29, 1.82) is 0 Å². The quantitative estimate of drug-likeness (QED) is 0.645. The van der Waals surface area contributed by atoms with Crippen molar-refractivity contribution in [1.82, 2.24) is 4.98 Å². The van der Waals surface area contributed by atoms with E-state index >= 15 is 0 Å². The standard InChI is InChI=1S/C12H17N3O2/c1-9-11(15(16)17)7-8-12(13-9)14-10-5-3-2-4-6-10/h7-8,10H,2-6H2,1H3,(H,13,14). The van der Waals surface area contributed by atoms with Crippen LogP contribution in [0.4, 0.5) is 11.5 Å². The predicted octanol–water partition coefficient (Wildman–Crippen LogP) is 3.04. The number of anilines is 1. The van der Waals surface area contributed by atoms with E-state index in [0.29, 0.717) is 11.7 Å². The molecule has 1 saturated carbocycles. The van der Waals surface area contributed by atoms with Crippen molar-refractivity contribution < 1.29 is 4.92 Å². The number of nitrogens with one attached hydrogen (secondary N) is 1. The molecule has 0 aromatic carbocycles. The van der Waals surface area contributed by atoms with Crippen molar-refractivity contribution in [3.63, 3.8) is 0 Å². The SMILES string of the molecule is Cc1nc(NC2CCCCC2)ccc1[N+](=O)[O-]. The summed E-state index contributed by atoms with van der Waals surface area (Å²) >= 11 is 0. The second-order valence-corrected chi connectivity index (χ2v) is 4.54. The van der Waals surface area contributed by atoms with Crippen LogP contribution >= 0.6 is 0 Å². The Hall–Kier alpha value is -1.65. The minimum Gasteiger partial charge on any atom is -0.367 e. The molecule has 1 fully saturated rings. The molecule has 17 heavy (non-hydrogen) atoms. The average molecular weight is 235 g/mol. The van der Waals surface area contributed by atoms with Crippen molar-refractivity contribution in [2.45, 2.75) is 45.1 Å². The number of hydrogen-bond acceptors (Lipinski definition) is 4. The Balaban J connectivity index is 2.06. The van der Waals surface area contributed by atoms with Crippen LogP contribution in [-0.4, -0.2) is 15.9 Å². The van der Waals surface area contributed by atoms with Gasteiger partial charge in [0.15, 0.2) is 0 Å². The van der Waals surface area contributed by atoms with Crippen LogP contribution in [0.2, 0.25) is 0 Å². The largest absolute Gasteiger partial charge is 0.367 e. The molecule has 0 atom stereocenters. The molecule has 5 heteroatoms. The van der Waals surface area contributed by atoms with Gasteiger partial charge in [0.25, 0.3) is 5.69 Å². The number of hydrogen-bond donors (Lipinski definition) is 1. The molecule has 5 nitrogen and oxygen atoms in total. The zero-order valence-electron chi connectivity index (χ0n) is 9.98. The monoisotopic (exact) mass is 235 g/mol. The number of aryl methyl sites for hydroxylation is 1. The van der Waals surface area contributed by atoms with Crippen molar-refractivity contribution in [3.05, 3.63) is 27.9 Å². The average Bonchev–Trinajstić information content (AvgIpc) is 2.30. The highest BCUT2D eigenvalue weighted by molar-refractivity contribution is 5.45. The van der Waals surface area contributed by atoms with Gasteiger partial charge in [-0.15, -0.1) is 0 Å². The van der Waals surface area contributed by atoms with E-state index in [1.807, 2.05) is 0 Å². The molecule has 0 bridgehead atoms. The third-order valence-corrected chi connectivity index (χ3v) is 3.21. The van der Waals surface area contributed by atoms with Gasteiger partial charge >= 0.3 is 0 Å². The van der Waals surface area contributed by atoms with Crippen molar-refractivity contribution in [2.75, 3.05) is 5.32 Å². The van der Waals surface area contributed by atoms with E-state index < -0.39 is 4.92 Å². The number of nitro groups is 1. The number of rotatable bonds is 3. The normalized spacial score (nSPS) is 16.8. The van der Waals surface area contributed by atoms with Crippen molar-refractivity contribution in [3.8, 4) is 0 Å². The lowest BCUT2D eigenvalue weighted by Gasteiger charge is -2.23. The smallest absolute Gasteiger partial charge is 0.290 e. The maximum Gasteiger partial charge on any atom is 0.290 e. The molecule has 2 rings (SSSR count). The lowest BCUT2D eigenvalue weighted by atomic mass is 9.95. The summed E-state index contributed by atoms with van der Waals surface area (Å²) < 4.78 is 0. The van der Waals surface area contributed by atoms with E-state index in [4.69, 9.17) is 0 Å². The number of nitrogens with zero attached hydrogens (tertiary/aromatic N) is 2. The summed E-state index contributed by atoms with van der Waals surface area (Å²) in [5.74, 6) is 0.750. The highest BCUT2D eigenvalue weighted by Crippen LogP contribution is 2.23. The van der Waals surface area contributed by atoms with Gasteiger partial charge in [0.1, 0.15) is 11.5 Å². The summed E-state index contributed by atoms with van der Waals surface area (Å²) in [4.78, 5) is 14.5. The Morgan fingerprint density at radius 2 is 2.06 bits per heavy atom. The van der Waals surface area contributed by atoms with Gasteiger partial charge in [-0.25, -0.2) is 4.98 Å². The summed E-state index contributed by atoms with van der Waals surface area (Å²) in [5, 5.41) is 14.0. The molecule has 1 aliphatic rings. The lowest BCUT2D eigenvalue weighted by molar-refractivity contribution is -0.385. The third kappa shape index (κ3) is 2.93. The summed E-state index contributed by atoms with van der Waals surface area (Å²) in [5.41, 5.74) is 0.551. The number of pyridine rings is 1. The first-order valence-corrected chi connectivity index (χ1v) is 6.05. The van der Waals surface area contributed by atoms with Crippen molar-refractivity contribution >= 4 is 11.5 Å². The predicted molar refractivity (Wildman–Crippen MR) is 66.1 cm³/mol. The van der Waals surface area contributed by atoms with E-state index in [1.165, 1.54) is 25.3 Å². The van der Waals surface area contributed by atoms with E-state index in [1.54, 1.807) is 13.0 Å². The molecule has 1 heterocycles. The van der Waals surface area contributed by atoms with E-state index in [9.17, 15) is 10.1 Å². The van der Waals surface area contributed by atoms with Gasteiger partial charge in [0, 0.05) is 12.1 Å². The molecule has 0 spiro atoms. The zero-order valence-corrected chi connectivity index (χ0v) is 9.98. The maximum atomic E-state index is 10.7. The molecule has 1 aromatic rings. The van der Waals surface area contributed by atoms with Gasteiger partial charge in [-0.1, -0.05) is 19.3 Å². The second kappa shape index (κ2) is 5.12. The topological polar surface area (TPSA) is 68.1 Å². The molecular weight excluding hydrogens is 218 g/mol. The fraction of sp³-hybridized carbons (Fsp3) is 0.583. The van der Waals surface area contributed by atoms with Crippen LogP contribution in [0.3, 0.4) is 0 Å². The fourth-order valence-electron chi connectivity index (χ4n) is 2.28. The molecule has 1 aromatic heterocycles. The van der Waals surface area contributed by atoms with Crippen LogP contribution in [0.1, 0.15) is 37.8 Å². The van der Waals surface area contributed by atoms with E-state index in [-0.39, 0.29) is 5.69 Å². The van der Waals surface area contributed by atoms with Crippen LogP contribution in [0.15, 0.2) is 12.1 Å². The Morgan fingerprint density at radius 3 is 2.65 bits per heavy atom. The highest BCUT2D eigenvalue weighted by Gasteiger charge is 2.16. The number of aromatic nitrogens is 1. The molecule has 0 amide bonds. The third-order valence-electron chi connectivity index (χ3n) is 3.21. The summed E-state index contributed by atoms with van der Waals surface area (Å²) in [6.45, 7) is 1.67. The van der Waals surface area contributed by atoms with Crippen LogP contribution < -0.4 is 5.32 Å². The lowest BCUT2D eigenvalue weighted by Crippen LogP contribution is -2.22. The molecule has 0 radical (unpaired) electrons. The maximum absolute atomic E-state index is 10.7. The van der Waals surface area contributed by atoms with Crippen molar-refractivity contribution in [2.24, 2.45) is 0 Å². The first-order valence-electron chi connectivity index (χ1n) is 6.05. The first kappa shape index (κ1) is 11.8. The highest BCUT2D eigenvalue weighted by atomic mass is 16.6. The Labute approximate surface area is 100 Å². The molecule has 1 N–H and O–H groups in total. The minimum atomic E-state index is -0.396. The molecule has 0 saturated heterocycles. The van der Waals surface area contributed by atoms with E-state index in [2.05, 4.69) is 10.3 Å².